The molecule has 1 atom stereocenters. The SMILES string of the molecule is Cc1ccc(F)c(OCC(N)c2ccc(C(C)C)cc2)c1. The van der Waals surface area contributed by atoms with Gasteiger partial charge in [-0.15, -0.1) is 0 Å². The number of halogens is 1. The lowest BCUT2D eigenvalue weighted by atomic mass is 9.99. The van der Waals surface area contributed by atoms with Gasteiger partial charge in [0.05, 0.1) is 6.04 Å². The second-order valence-corrected chi connectivity index (χ2v) is 5.67. The summed E-state index contributed by atoms with van der Waals surface area (Å²) in [7, 11) is 0. The monoisotopic (exact) mass is 287 g/mol. The molecule has 112 valence electrons. The Bertz CT molecular complexity index is 593. The van der Waals surface area contributed by atoms with Crippen LogP contribution in [0, 0.1) is 12.7 Å². The Balaban J connectivity index is 2.01. The minimum atomic E-state index is -0.358. The first-order chi connectivity index (χ1) is 9.97. The molecule has 21 heavy (non-hydrogen) atoms. The van der Waals surface area contributed by atoms with Crippen molar-refractivity contribution in [1.29, 1.82) is 0 Å². The van der Waals surface area contributed by atoms with Gasteiger partial charge in [-0.25, -0.2) is 4.39 Å². The highest BCUT2D eigenvalue weighted by Gasteiger charge is 2.10. The Kier molecular flexibility index (Phi) is 4.97. The van der Waals surface area contributed by atoms with E-state index in [9.17, 15) is 4.39 Å². The molecular formula is C18H22FNO. The molecule has 0 fully saturated rings. The zero-order valence-electron chi connectivity index (χ0n) is 12.8. The molecule has 0 saturated carbocycles. The van der Waals surface area contributed by atoms with Crippen LogP contribution >= 0.6 is 0 Å². The Morgan fingerprint density at radius 2 is 1.67 bits per heavy atom. The number of hydrogen-bond acceptors (Lipinski definition) is 2. The van der Waals surface area contributed by atoms with Gasteiger partial charge in [0, 0.05) is 0 Å². The van der Waals surface area contributed by atoms with Crippen LogP contribution in [-0.2, 0) is 0 Å². The van der Waals surface area contributed by atoms with Gasteiger partial charge in [-0.3, -0.25) is 0 Å². The lowest BCUT2D eigenvalue weighted by Gasteiger charge is -2.15. The van der Waals surface area contributed by atoms with E-state index in [1.165, 1.54) is 11.6 Å². The molecule has 0 aliphatic heterocycles. The summed E-state index contributed by atoms with van der Waals surface area (Å²) < 4.78 is 19.1. The topological polar surface area (TPSA) is 35.2 Å². The Morgan fingerprint density at radius 1 is 1.05 bits per heavy atom. The zero-order valence-corrected chi connectivity index (χ0v) is 12.8. The van der Waals surface area contributed by atoms with Gasteiger partial charge in [-0.1, -0.05) is 44.2 Å². The first-order valence-corrected chi connectivity index (χ1v) is 7.21. The fraction of sp³-hybridized carbons (Fsp3) is 0.333. The zero-order chi connectivity index (χ0) is 15.4. The third-order valence-electron chi connectivity index (χ3n) is 3.54. The molecule has 0 aromatic heterocycles. The lowest BCUT2D eigenvalue weighted by molar-refractivity contribution is 0.277. The molecule has 2 aromatic rings. The number of aryl methyl sites for hydroxylation is 1. The molecule has 2 rings (SSSR count). The van der Waals surface area contributed by atoms with E-state index >= 15 is 0 Å². The van der Waals surface area contributed by atoms with Crippen LogP contribution < -0.4 is 10.5 Å². The van der Waals surface area contributed by atoms with Crippen molar-refractivity contribution < 1.29 is 9.13 Å². The molecule has 2 aromatic carbocycles. The summed E-state index contributed by atoms with van der Waals surface area (Å²) in [6.07, 6.45) is 0. The second kappa shape index (κ2) is 6.72. The summed E-state index contributed by atoms with van der Waals surface area (Å²) in [5.41, 5.74) is 9.34. The molecule has 0 aliphatic carbocycles. The Labute approximate surface area is 125 Å². The molecular weight excluding hydrogens is 265 g/mol. The highest BCUT2D eigenvalue weighted by atomic mass is 19.1. The first kappa shape index (κ1) is 15.5. The highest BCUT2D eigenvalue weighted by molar-refractivity contribution is 5.30. The Morgan fingerprint density at radius 3 is 2.29 bits per heavy atom. The average molecular weight is 287 g/mol. The van der Waals surface area contributed by atoms with Crippen molar-refractivity contribution in [2.75, 3.05) is 6.61 Å². The summed E-state index contributed by atoms with van der Waals surface area (Å²) in [6, 6.07) is 12.7. The van der Waals surface area contributed by atoms with Gasteiger partial charge in [0.2, 0.25) is 0 Å². The maximum atomic E-state index is 13.6. The van der Waals surface area contributed by atoms with Crippen molar-refractivity contribution in [2.24, 2.45) is 5.73 Å². The van der Waals surface area contributed by atoms with Gasteiger partial charge in [0.1, 0.15) is 6.61 Å². The van der Waals surface area contributed by atoms with E-state index in [-0.39, 0.29) is 24.2 Å². The number of rotatable bonds is 5. The number of nitrogens with two attached hydrogens (primary N) is 1. The molecule has 0 bridgehead atoms. The number of benzene rings is 2. The van der Waals surface area contributed by atoms with Gasteiger partial charge in [0.15, 0.2) is 11.6 Å². The van der Waals surface area contributed by atoms with Gasteiger partial charge < -0.3 is 10.5 Å². The molecule has 0 amide bonds. The highest BCUT2D eigenvalue weighted by Crippen LogP contribution is 2.21. The number of ether oxygens (including phenoxy) is 1. The number of hydrogen-bond donors (Lipinski definition) is 1. The minimum Gasteiger partial charge on any atom is -0.489 e. The van der Waals surface area contributed by atoms with Gasteiger partial charge in [-0.2, -0.15) is 0 Å². The quantitative estimate of drug-likeness (QED) is 0.888. The molecule has 0 radical (unpaired) electrons. The third kappa shape index (κ3) is 4.05. The van der Waals surface area contributed by atoms with Crippen molar-refractivity contribution >= 4 is 0 Å². The summed E-state index contributed by atoms with van der Waals surface area (Å²) in [5, 5.41) is 0. The first-order valence-electron chi connectivity index (χ1n) is 7.21. The molecule has 2 N–H and O–H groups in total. The smallest absolute Gasteiger partial charge is 0.165 e. The predicted octanol–water partition coefficient (Wildman–Crippen LogP) is 4.34. The van der Waals surface area contributed by atoms with E-state index in [1.54, 1.807) is 12.1 Å². The molecule has 0 spiro atoms. The van der Waals surface area contributed by atoms with Crippen molar-refractivity contribution in [3.05, 3.63) is 65.0 Å². The van der Waals surface area contributed by atoms with Crippen LogP contribution in [0.5, 0.6) is 5.75 Å². The molecule has 2 nitrogen and oxygen atoms in total. The standard InChI is InChI=1S/C18H22FNO/c1-12(2)14-5-7-15(8-6-14)17(20)11-21-18-10-13(3)4-9-16(18)19/h4-10,12,17H,11,20H2,1-3H3. The van der Waals surface area contributed by atoms with Gasteiger partial charge in [0.25, 0.3) is 0 Å². The van der Waals surface area contributed by atoms with Gasteiger partial charge >= 0.3 is 0 Å². The van der Waals surface area contributed by atoms with Gasteiger partial charge in [-0.05, 0) is 41.7 Å². The molecule has 3 heteroatoms. The summed E-state index contributed by atoms with van der Waals surface area (Å²) in [4.78, 5) is 0. The molecule has 0 aliphatic rings. The summed E-state index contributed by atoms with van der Waals surface area (Å²) >= 11 is 0. The maximum Gasteiger partial charge on any atom is 0.165 e. The fourth-order valence-corrected chi connectivity index (χ4v) is 2.13. The largest absolute Gasteiger partial charge is 0.489 e. The van der Waals surface area contributed by atoms with E-state index in [0.29, 0.717) is 5.92 Å². The third-order valence-corrected chi connectivity index (χ3v) is 3.54. The molecule has 1 unspecified atom stereocenters. The van der Waals surface area contributed by atoms with Crippen LogP contribution in [0.2, 0.25) is 0 Å². The van der Waals surface area contributed by atoms with E-state index in [0.717, 1.165) is 11.1 Å². The van der Waals surface area contributed by atoms with E-state index in [2.05, 4.69) is 26.0 Å². The minimum absolute atomic E-state index is 0.251. The van der Waals surface area contributed by atoms with Crippen molar-refractivity contribution in [3.63, 3.8) is 0 Å². The second-order valence-electron chi connectivity index (χ2n) is 5.67. The van der Waals surface area contributed by atoms with Crippen LogP contribution in [0.1, 0.15) is 42.5 Å². The molecule has 0 heterocycles. The van der Waals surface area contributed by atoms with Crippen LogP contribution in [0.25, 0.3) is 0 Å². The summed E-state index contributed by atoms with van der Waals surface area (Å²) in [6.45, 7) is 6.45. The average Bonchev–Trinajstić information content (AvgIpc) is 2.48. The van der Waals surface area contributed by atoms with E-state index in [1.807, 2.05) is 19.1 Å². The maximum absolute atomic E-state index is 13.6. The predicted molar refractivity (Wildman–Crippen MR) is 84.1 cm³/mol. The van der Waals surface area contributed by atoms with E-state index in [4.69, 9.17) is 10.5 Å². The van der Waals surface area contributed by atoms with Crippen LogP contribution in [0.4, 0.5) is 4.39 Å². The van der Waals surface area contributed by atoms with Crippen LogP contribution in [0.15, 0.2) is 42.5 Å². The Hall–Kier alpha value is -1.87. The normalized spacial score (nSPS) is 12.5. The molecule has 0 saturated heterocycles. The fourth-order valence-electron chi connectivity index (χ4n) is 2.13. The van der Waals surface area contributed by atoms with Crippen molar-refractivity contribution in [3.8, 4) is 5.75 Å². The van der Waals surface area contributed by atoms with Crippen molar-refractivity contribution in [1.82, 2.24) is 0 Å². The van der Waals surface area contributed by atoms with E-state index < -0.39 is 0 Å². The summed E-state index contributed by atoms with van der Waals surface area (Å²) in [5.74, 6) is 0.389. The van der Waals surface area contributed by atoms with Crippen LogP contribution in [-0.4, -0.2) is 6.61 Å². The van der Waals surface area contributed by atoms with Crippen molar-refractivity contribution in [2.45, 2.75) is 32.7 Å². The lowest BCUT2D eigenvalue weighted by Crippen LogP contribution is -2.19. The van der Waals surface area contributed by atoms with Crippen LogP contribution in [0.3, 0.4) is 0 Å².